The van der Waals surface area contributed by atoms with Gasteiger partial charge in [-0.05, 0) is 30.6 Å². The Balaban J connectivity index is 0.00000180. The number of aromatic nitrogens is 3. The molecule has 0 amide bonds. The fraction of sp³-hybridized carbons (Fsp3) is 0.0769. The number of halogens is 1. The van der Waals surface area contributed by atoms with Gasteiger partial charge in [0, 0.05) is 28.6 Å². The Morgan fingerprint density at radius 3 is 2.81 bits per heavy atom. The molecule has 0 radical (unpaired) electrons. The Labute approximate surface area is 225 Å². The summed E-state index contributed by atoms with van der Waals surface area (Å²) in [5.74, 6) is -0.549. The second kappa shape index (κ2) is 11.1. The number of thiazole rings is 1. The summed E-state index contributed by atoms with van der Waals surface area (Å²) in [6.07, 6.45) is 3.73. The van der Waals surface area contributed by atoms with E-state index in [1.807, 2.05) is 34.9 Å². The van der Waals surface area contributed by atoms with Crippen LogP contribution in [-0.4, -0.2) is 25.7 Å². The van der Waals surface area contributed by atoms with Crippen LogP contribution in [0, 0.1) is 19.3 Å². The van der Waals surface area contributed by atoms with E-state index in [2.05, 4.69) is 21.4 Å². The molecule has 10 heteroatoms. The van der Waals surface area contributed by atoms with Gasteiger partial charge in [-0.3, -0.25) is 9.81 Å². The van der Waals surface area contributed by atoms with Crippen molar-refractivity contribution in [3.8, 4) is 11.3 Å². The van der Waals surface area contributed by atoms with Crippen LogP contribution < -0.4 is 16.5 Å². The largest absolute Gasteiger partial charge is 2.00 e. The van der Waals surface area contributed by atoms with Crippen LogP contribution in [0.2, 0.25) is 0 Å². The Hall–Kier alpha value is -3.44. The van der Waals surface area contributed by atoms with E-state index in [0.29, 0.717) is 33.3 Å². The fourth-order valence-corrected chi connectivity index (χ4v) is 4.66. The summed E-state index contributed by atoms with van der Waals surface area (Å²) in [6, 6.07) is 16.8. The summed E-state index contributed by atoms with van der Waals surface area (Å²) in [5.41, 5.74) is 11.0. The second-order valence-corrected chi connectivity index (χ2v) is 8.78. The predicted octanol–water partition coefficient (Wildman–Crippen LogP) is 3.62. The van der Waals surface area contributed by atoms with Crippen molar-refractivity contribution in [2.24, 2.45) is 5.73 Å². The number of nitrogens with one attached hydrogen (secondary N) is 1. The average molecular weight is 678 g/mol. The zero-order valence-corrected chi connectivity index (χ0v) is 22.9. The molecular weight excluding hydrogens is 654 g/mol. The number of aliphatic hydroxyl groups excluding tert-OH is 1. The summed E-state index contributed by atoms with van der Waals surface area (Å²) in [7, 11) is 0. The van der Waals surface area contributed by atoms with Gasteiger partial charge in [0.15, 0.2) is 17.6 Å². The molecule has 0 saturated heterocycles. The van der Waals surface area contributed by atoms with Crippen molar-refractivity contribution >= 4 is 44.1 Å². The number of pyridine rings is 1. The molecular formula is C26H24FN6OOsS+. The molecule has 1 unspecified atom stereocenters. The van der Waals surface area contributed by atoms with Gasteiger partial charge in [-0.15, -0.1) is 6.07 Å². The molecule has 2 aromatic carbocycles. The van der Waals surface area contributed by atoms with Crippen LogP contribution in [0.5, 0.6) is 0 Å². The predicted molar refractivity (Wildman–Crippen MR) is 139 cm³/mol. The molecule has 0 saturated carbocycles. The molecule has 0 aliphatic rings. The average Bonchev–Trinajstić information content (AvgIpc) is 3.42. The van der Waals surface area contributed by atoms with Crippen LogP contribution >= 0.6 is 11.3 Å². The summed E-state index contributed by atoms with van der Waals surface area (Å²) in [6.45, 7) is 1.78. The van der Waals surface area contributed by atoms with Crippen molar-refractivity contribution < 1.29 is 34.7 Å². The van der Waals surface area contributed by atoms with Crippen LogP contribution in [0.15, 0.2) is 66.6 Å². The number of hydrogen-bond acceptors (Lipinski definition) is 6. The van der Waals surface area contributed by atoms with Crippen LogP contribution in [-0.2, 0) is 19.8 Å². The molecule has 5 rings (SSSR count). The number of imidazole rings is 1. The Morgan fingerprint density at radius 2 is 2.11 bits per heavy atom. The van der Waals surface area contributed by atoms with E-state index in [9.17, 15) is 5.11 Å². The van der Waals surface area contributed by atoms with E-state index in [1.54, 1.807) is 31.3 Å². The molecule has 3 aromatic heterocycles. The summed E-state index contributed by atoms with van der Waals surface area (Å²) in [5, 5.41) is 19.7. The number of allylic oxidation sites excluding steroid dienone is 2. The monoisotopic (exact) mass is 679 g/mol. The van der Waals surface area contributed by atoms with E-state index >= 15 is 4.39 Å². The third kappa shape index (κ3) is 5.07. The van der Waals surface area contributed by atoms with Gasteiger partial charge in [-0.2, -0.15) is 29.5 Å². The van der Waals surface area contributed by atoms with Gasteiger partial charge < -0.3 is 23.6 Å². The normalized spacial score (nSPS) is 12.4. The summed E-state index contributed by atoms with van der Waals surface area (Å²) >= 11 is 1.36. The number of nitrogens with two attached hydrogens (primary N) is 2. The summed E-state index contributed by atoms with van der Waals surface area (Å²) in [4.78, 5) is 8.82. The van der Waals surface area contributed by atoms with Gasteiger partial charge in [0.1, 0.15) is 11.5 Å². The van der Waals surface area contributed by atoms with E-state index in [0.717, 1.165) is 15.8 Å². The molecule has 5 aromatic rings. The van der Waals surface area contributed by atoms with Gasteiger partial charge in [0.2, 0.25) is 0 Å². The Bertz CT molecular complexity index is 1540. The molecule has 0 fully saturated rings. The molecule has 184 valence electrons. The van der Waals surface area contributed by atoms with Crippen molar-refractivity contribution in [1.82, 2.24) is 14.4 Å². The maximum Gasteiger partial charge on any atom is 2.00 e. The third-order valence-electron chi connectivity index (χ3n) is 5.49. The van der Waals surface area contributed by atoms with Gasteiger partial charge in [0.25, 0.3) is 0 Å². The Kier molecular flexibility index (Phi) is 8.36. The van der Waals surface area contributed by atoms with Crippen LogP contribution in [0.1, 0.15) is 24.3 Å². The number of anilines is 1. The smallest absolute Gasteiger partial charge is 0.402 e. The number of aliphatic hydroxyl groups is 1. The minimum atomic E-state index is -1.26. The minimum absolute atomic E-state index is 0. The fourth-order valence-electron chi connectivity index (χ4n) is 3.79. The molecule has 36 heavy (non-hydrogen) atoms. The molecule has 6 N–H and O–H groups in total. The zero-order chi connectivity index (χ0) is 23.8. The number of benzene rings is 2. The minimum Gasteiger partial charge on any atom is -0.402 e. The van der Waals surface area contributed by atoms with Gasteiger partial charge in [-0.1, -0.05) is 16.8 Å². The van der Waals surface area contributed by atoms with Gasteiger partial charge >= 0.3 is 19.8 Å². The van der Waals surface area contributed by atoms with E-state index in [1.165, 1.54) is 23.6 Å². The Morgan fingerprint density at radius 1 is 1.31 bits per heavy atom. The first-order valence-electron chi connectivity index (χ1n) is 10.4. The molecule has 0 aliphatic carbocycles. The number of rotatable bonds is 6. The van der Waals surface area contributed by atoms with Crippen molar-refractivity contribution in [2.45, 2.75) is 13.2 Å². The third-order valence-corrected chi connectivity index (χ3v) is 6.44. The summed E-state index contributed by atoms with van der Waals surface area (Å²) < 4.78 is 17.8. The van der Waals surface area contributed by atoms with Crippen molar-refractivity contribution in [2.75, 3.05) is 5.32 Å². The van der Waals surface area contributed by atoms with Crippen molar-refractivity contribution in [1.29, 1.82) is 0 Å². The first-order valence-corrected chi connectivity index (χ1v) is 11.3. The first kappa shape index (κ1) is 27.1. The van der Waals surface area contributed by atoms with Crippen molar-refractivity contribution in [3.05, 3.63) is 97.1 Å². The quantitative estimate of drug-likeness (QED) is 0.125. The van der Waals surface area contributed by atoms with Gasteiger partial charge in [0.05, 0.1) is 17.5 Å². The first-order chi connectivity index (χ1) is 16.4. The molecule has 0 aliphatic heterocycles. The molecule has 3 heterocycles. The van der Waals surface area contributed by atoms with E-state index in [4.69, 9.17) is 11.1 Å². The standard InChI is InChI=1S/C25H20FN6OS.CH3.Os/c1-14(28)18(11-27)16-7-9-23-29-12-21(32(23)13-16)15-6-8-17(19(26)10-15)24(33)31-25-30-20-4-2-3-5-22(20)34-25;;/h2,4-13,24,27,33H,28H2,1H3,(H,30,31);1H3;/q2*-1;+2/p+1. The number of nitrogens with zero attached hydrogens (tertiary/aromatic N) is 3. The molecule has 0 spiro atoms. The van der Waals surface area contributed by atoms with E-state index in [-0.39, 0.29) is 32.8 Å². The molecule has 1 atom stereocenters. The van der Waals surface area contributed by atoms with Crippen molar-refractivity contribution in [3.63, 3.8) is 0 Å². The topological polar surface area (TPSA) is 114 Å². The molecule has 7 nitrogen and oxygen atoms in total. The SMILES string of the molecule is CC(N)=C(C=[NH2+])c1ccc2ncc(-c3ccc(C(O)Nc4nc5cc[c-]cc5s4)c(F)c3)n2c1.[CH3-].[Os+2]. The zero-order valence-electron chi connectivity index (χ0n) is 19.5. The second-order valence-electron chi connectivity index (χ2n) is 7.75. The van der Waals surface area contributed by atoms with Gasteiger partial charge in [-0.25, -0.2) is 14.4 Å². The number of hydrogen-bond donors (Lipinski definition) is 4. The van der Waals surface area contributed by atoms with E-state index < -0.39 is 12.0 Å². The maximum atomic E-state index is 15.1. The number of fused-ring (bicyclic) bond motifs is 2. The van der Waals surface area contributed by atoms with Crippen LogP contribution in [0.3, 0.4) is 0 Å². The maximum absolute atomic E-state index is 15.1. The van der Waals surface area contributed by atoms with Crippen LogP contribution in [0.4, 0.5) is 9.52 Å². The van der Waals surface area contributed by atoms with Crippen LogP contribution in [0.25, 0.3) is 32.7 Å². The molecule has 0 bridgehead atoms.